The number of unbranched alkanes of at least 4 members (excludes halogenated alkanes) is 3. The summed E-state index contributed by atoms with van der Waals surface area (Å²) in [5, 5.41) is 9.38. The molecule has 1 aliphatic carbocycles. The van der Waals surface area contributed by atoms with Gasteiger partial charge >= 0.3 is 5.97 Å². The number of carbonyl (C=O) groups excluding carboxylic acids is 1. The number of carboxylic acid groups (broad SMARTS) is 1. The Morgan fingerprint density at radius 3 is 2.76 bits per heavy atom. The molecule has 1 N–H and O–H groups in total. The molecule has 2 atom stereocenters. The van der Waals surface area contributed by atoms with Crippen molar-refractivity contribution in [3.8, 4) is 0 Å². The number of rotatable bonds is 9. The van der Waals surface area contributed by atoms with Gasteiger partial charge in [-0.1, -0.05) is 49.1 Å². The first-order chi connectivity index (χ1) is 12.0. The van der Waals surface area contributed by atoms with E-state index < -0.39 is 5.97 Å². The van der Waals surface area contributed by atoms with Gasteiger partial charge in [-0.3, -0.25) is 9.59 Å². The van der Waals surface area contributed by atoms with E-state index in [4.69, 9.17) is 16.7 Å². The molecule has 1 saturated carbocycles. The molecule has 136 valence electrons. The Morgan fingerprint density at radius 2 is 2.04 bits per heavy atom. The van der Waals surface area contributed by atoms with Gasteiger partial charge in [-0.05, 0) is 55.4 Å². The predicted octanol–water partition coefficient (Wildman–Crippen LogP) is 5.68. The zero-order chi connectivity index (χ0) is 18.2. The average Bonchev–Trinajstić information content (AvgIpc) is 2.90. The third-order valence-electron chi connectivity index (χ3n) is 5.07. The SMILES string of the molecule is Cc1cc(Cl)ccc1C=C[C@@H]1CCC(=O)[C@H]1CCCCCCC(=O)O. The van der Waals surface area contributed by atoms with Crippen molar-refractivity contribution in [1.82, 2.24) is 0 Å². The maximum Gasteiger partial charge on any atom is 0.303 e. The van der Waals surface area contributed by atoms with Crippen LogP contribution in [0.15, 0.2) is 24.3 Å². The second kappa shape index (κ2) is 9.76. The Kier molecular flexibility index (Phi) is 7.70. The number of aliphatic carboxylic acids is 1. The van der Waals surface area contributed by atoms with E-state index in [0.29, 0.717) is 18.1 Å². The first kappa shape index (κ1) is 19.7. The van der Waals surface area contributed by atoms with Crippen LogP contribution in [-0.4, -0.2) is 16.9 Å². The van der Waals surface area contributed by atoms with Crippen LogP contribution in [0, 0.1) is 18.8 Å². The summed E-state index contributed by atoms with van der Waals surface area (Å²) < 4.78 is 0. The first-order valence-electron chi connectivity index (χ1n) is 9.16. The highest BCUT2D eigenvalue weighted by Crippen LogP contribution is 2.34. The number of hydrogen-bond acceptors (Lipinski definition) is 2. The van der Waals surface area contributed by atoms with Crippen LogP contribution in [0.2, 0.25) is 5.02 Å². The number of halogens is 1. The molecule has 0 heterocycles. The van der Waals surface area contributed by atoms with E-state index >= 15 is 0 Å². The van der Waals surface area contributed by atoms with Crippen molar-refractivity contribution in [1.29, 1.82) is 0 Å². The summed E-state index contributed by atoms with van der Waals surface area (Å²) in [4.78, 5) is 22.7. The van der Waals surface area contributed by atoms with Crippen molar-refractivity contribution in [2.75, 3.05) is 0 Å². The van der Waals surface area contributed by atoms with Gasteiger partial charge in [0.2, 0.25) is 0 Å². The molecule has 3 nitrogen and oxygen atoms in total. The average molecular weight is 363 g/mol. The smallest absolute Gasteiger partial charge is 0.303 e. The van der Waals surface area contributed by atoms with Gasteiger partial charge in [0.15, 0.2) is 0 Å². The maximum atomic E-state index is 12.2. The monoisotopic (exact) mass is 362 g/mol. The fraction of sp³-hybridized carbons (Fsp3) is 0.524. The lowest BCUT2D eigenvalue weighted by atomic mass is 9.89. The summed E-state index contributed by atoms with van der Waals surface area (Å²) in [6, 6.07) is 5.86. The van der Waals surface area contributed by atoms with Crippen LogP contribution in [0.1, 0.15) is 62.5 Å². The molecular weight excluding hydrogens is 336 g/mol. The van der Waals surface area contributed by atoms with Gasteiger partial charge in [-0.25, -0.2) is 0 Å². The van der Waals surface area contributed by atoms with Gasteiger partial charge in [-0.2, -0.15) is 0 Å². The lowest BCUT2D eigenvalue weighted by Gasteiger charge is -2.15. The number of carbonyl (C=O) groups is 2. The quantitative estimate of drug-likeness (QED) is 0.575. The fourth-order valence-corrected chi connectivity index (χ4v) is 3.81. The molecule has 4 heteroatoms. The molecule has 0 aliphatic heterocycles. The zero-order valence-corrected chi connectivity index (χ0v) is 15.6. The van der Waals surface area contributed by atoms with Crippen LogP contribution < -0.4 is 0 Å². The Labute approximate surface area is 155 Å². The van der Waals surface area contributed by atoms with E-state index in [2.05, 4.69) is 12.2 Å². The molecule has 0 bridgehead atoms. The molecule has 0 unspecified atom stereocenters. The third kappa shape index (κ3) is 6.32. The standard InChI is InChI=1S/C21H27ClO3/c1-15-14-18(22)12-10-16(15)8-9-17-11-13-20(23)19(17)6-4-2-3-5-7-21(24)25/h8-10,12,14,17,19H,2-7,11,13H2,1H3,(H,24,25)/t17-,19+/m1/s1. The van der Waals surface area contributed by atoms with Crippen LogP contribution in [0.4, 0.5) is 0 Å². The van der Waals surface area contributed by atoms with Crippen LogP contribution in [-0.2, 0) is 9.59 Å². The summed E-state index contributed by atoms with van der Waals surface area (Å²) in [6.45, 7) is 2.04. The van der Waals surface area contributed by atoms with E-state index in [0.717, 1.165) is 54.7 Å². The molecule has 1 aliphatic rings. The first-order valence-corrected chi connectivity index (χ1v) is 9.54. The van der Waals surface area contributed by atoms with Crippen molar-refractivity contribution in [2.45, 2.75) is 58.3 Å². The van der Waals surface area contributed by atoms with E-state index in [1.165, 1.54) is 0 Å². The highest BCUT2D eigenvalue weighted by atomic mass is 35.5. The Morgan fingerprint density at radius 1 is 1.28 bits per heavy atom. The molecule has 25 heavy (non-hydrogen) atoms. The maximum absolute atomic E-state index is 12.2. The molecule has 2 rings (SSSR count). The highest BCUT2D eigenvalue weighted by Gasteiger charge is 2.32. The van der Waals surface area contributed by atoms with Crippen LogP contribution in [0.5, 0.6) is 0 Å². The van der Waals surface area contributed by atoms with Crippen LogP contribution in [0.25, 0.3) is 6.08 Å². The summed E-state index contributed by atoms with van der Waals surface area (Å²) >= 11 is 6.00. The third-order valence-corrected chi connectivity index (χ3v) is 5.30. The van der Waals surface area contributed by atoms with E-state index in [1.54, 1.807) is 0 Å². The molecule has 0 saturated heterocycles. The number of allylic oxidation sites excluding steroid dienone is 1. The van der Waals surface area contributed by atoms with Crippen molar-refractivity contribution < 1.29 is 14.7 Å². The molecule has 0 amide bonds. The minimum atomic E-state index is -0.728. The molecule has 0 aromatic heterocycles. The Hall–Kier alpha value is -1.61. The van der Waals surface area contributed by atoms with Gasteiger partial charge in [-0.15, -0.1) is 0 Å². The van der Waals surface area contributed by atoms with Gasteiger partial charge in [0.05, 0.1) is 0 Å². The fourth-order valence-electron chi connectivity index (χ4n) is 3.59. The lowest BCUT2D eigenvalue weighted by molar-refractivity contribution is -0.137. The van der Waals surface area contributed by atoms with E-state index in [1.807, 2.05) is 25.1 Å². The summed E-state index contributed by atoms with van der Waals surface area (Å²) in [5.74, 6) is 0.103. The molecule has 1 fully saturated rings. The van der Waals surface area contributed by atoms with Crippen molar-refractivity contribution >= 4 is 29.4 Å². The zero-order valence-electron chi connectivity index (χ0n) is 14.8. The van der Waals surface area contributed by atoms with Crippen LogP contribution >= 0.6 is 11.6 Å². The van der Waals surface area contributed by atoms with Gasteiger partial charge < -0.3 is 5.11 Å². The largest absolute Gasteiger partial charge is 0.481 e. The van der Waals surface area contributed by atoms with E-state index in [9.17, 15) is 9.59 Å². The van der Waals surface area contributed by atoms with E-state index in [-0.39, 0.29) is 12.3 Å². The number of benzene rings is 1. The molecule has 0 radical (unpaired) electrons. The number of carboxylic acids is 1. The van der Waals surface area contributed by atoms with Crippen molar-refractivity contribution in [2.24, 2.45) is 11.8 Å². The van der Waals surface area contributed by atoms with Crippen molar-refractivity contribution in [3.63, 3.8) is 0 Å². The number of aryl methyl sites for hydroxylation is 1. The van der Waals surface area contributed by atoms with Gasteiger partial charge in [0.25, 0.3) is 0 Å². The minimum Gasteiger partial charge on any atom is -0.481 e. The highest BCUT2D eigenvalue weighted by molar-refractivity contribution is 6.30. The molecule has 1 aromatic rings. The van der Waals surface area contributed by atoms with Gasteiger partial charge in [0, 0.05) is 23.8 Å². The number of Topliss-reactive ketones (excluding diaryl/α,β-unsaturated/α-hetero) is 1. The molecule has 0 spiro atoms. The molecular formula is C21H27ClO3. The minimum absolute atomic E-state index is 0.128. The Balaban J connectivity index is 1.84. The normalized spacial score (nSPS) is 20.5. The molecule has 1 aromatic carbocycles. The predicted molar refractivity (Wildman–Crippen MR) is 102 cm³/mol. The summed E-state index contributed by atoms with van der Waals surface area (Å²) in [5.41, 5.74) is 2.29. The van der Waals surface area contributed by atoms with Crippen LogP contribution in [0.3, 0.4) is 0 Å². The topological polar surface area (TPSA) is 54.4 Å². The second-order valence-corrected chi connectivity index (χ2v) is 7.42. The Bertz CT molecular complexity index is 636. The van der Waals surface area contributed by atoms with Crippen molar-refractivity contribution in [3.05, 3.63) is 40.4 Å². The summed E-state index contributed by atoms with van der Waals surface area (Å²) in [6.07, 6.45) is 10.7. The lowest BCUT2D eigenvalue weighted by Crippen LogP contribution is -2.13. The number of hydrogen-bond donors (Lipinski definition) is 1. The van der Waals surface area contributed by atoms with Gasteiger partial charge in [0.1, 0.15) is 5.78 Å². The second-order valence-electron chi connectivity index (χ2n) is 6.98. The number of ketones is 1. The summed E-state index contributed by atoms with van der Waals surface area (Å²) in [7, 11) is 0.